The van der Waals surface area contributed by atoms with Crippen molar-refractivity contribution in [3.05, 3.63) is 71.2 Å². The summed E-state index contributed by atoms with van der Waals surface area (Å²) in [6, 6.07) is 17.6. The number of oxazole rings is 1. The average Bonchev–Trinajstić information content (AvgIpc) is 3.16. The molecule has 0 unspecified atom stereocenters. The van der Waals surface area contributed by atoms with E-state index in [4.69, 9.17) is 13.9 Å². The number of nitriles is 1. The highest BCUT2D eigenvalue weighted by atomic mass is 16.5. The van der Waals surface area contributed by atoms with Crippen molar-refractivity contribution in [3.63, 3.8) is 0 Å². The Hall–Kier alpha value is -3.72. The molecular formula is C23H23N3O3. The molecule has 148 valence electrons. The molecule has 0 aliphatic carbocycles. The molecule has 0 saturated carbocycles. The van der Waals surface area contributed by atoms with E-state index in [0.717, 1.165) is 29.0 Å². The Labute approximate surface area is 170 Å². The second kappa shape index (κ2) is 10.00. The molecule has 0 radical (unpaired) electrons. The molecule has 0 bridgehead atoms. The fourth-order valence-electron chi connectivity index (χ4n) is 2.73. The van der Waals surface area contributed by atoms with Crippen molar-refractivity contribution in [1.29, 1.82) is 5.26 Å². The minimum absolute atomic E-state index is 0.242. The Bertz CT molecular complexity index is 984. The Balaban J connectivity index is 1.60. The molecule has 0 atom stereocenters. The lowest BCUT2D eigenvalue weighted by Crippen LogP contribution is -2.05. The van der Waals surface area contributed by atoms with Crippen molar-refractivity contribution in [1.82, 2.24) is 4.98 Å². The number of methoxy groups -OCH3 is 1. The van der Waals surface area contributed by atoms with E-state index in [-0.39, 0.29) is 5.69 Å². The van der Waals surface area contributed by atoms with Gasteiger partial charge in [0.1, 0.15) is 17.6 Å². The molecule has 6 heteroatoms. The molecule has 0 amide bonds. The van der Waals surface area contributed by atoms with Gasteiger partial charge in [-0.25, -0.2) is 0 Å². The van der Waals surface area contributed by atoms with Crippen molar-refractivity contribution in [2.75, 3.05) is 25.6 Å². The molecule has 0 spiro atoms. The third kappa shape index (κ3) is 5.63. The van der Waals surface area contributed by atoms with Crippen molar-refractivity contribution in [2.24, 2.45) is 0 Å². The second-order valence-corrected chi connectivity index (χ2v) is 6.20. The topological polar surface area (TPSA) is 80.3 Å². The van der Waals surface area contributed by atoms with E-state index >= 15 is 0 Å². The molecule has 0 saturated heterocycles. The first-order chi connectivity index (χ1) is 14.2. The number of ether oxygens (including phenoxy) is 2. The molecule has 2 aromatic carbocycles. The second-order valence-electron chi connectivity index (χ2n) is 6.20. The smallest absolute Gasteiger partial charge is 0.232 e. The van der Waals surface area contributed by atoms with Gasteiger partial charge in [-0.3, -0.25) is 0 Å². The lowest BCUT2D eigenvalue weighted by Gasteiger charge is -2.04. The molecule has 1 aromatic heterocycles. The Morgan fingerprint density at radius 2 is 1.79 bits per heavy atom. The van der Waals surface area contributed by atoms with Crippen LogP contribution in [-0.2, 0) is 6.42 Å². The summed E-state index contributed by atoms with van der Waals surface area (Å²) >= 11 is 0. The highest BCUT2D eigenvalue weighted by Gasteiger charge is 2.11. The quantitative estimate of drug-likeness (QED) is 0.567. The lowest BCUT2D eigenvalue weighted by molar-refractivity contribution is 0.340. The van der Waals surface area contributed by atoms with Crippen LogP contribution >= 0.6 is 0 Å². The monoisotopic (exact) mass is 389 g/mol. The summed E-state index contributed by atoms with van der Waals surface area (Å²) in [7, 11) is 1.64. The molecule has 3 rings (SSSR count). The summed E-state index contributed by atoms with van der Waals surface area (Å²) in [5.41, 5.74) is 2.39. The molecule has 29 heavy (non-hydrogen) atoms. The predicted octanol–water partition coefficient (Wildman–Crippen LogP) is 4.78. The van der Waals surface area contributed by atoms with Crippen molar-refractivity contribution < 1.29 is 13.9 Å². The van der Waals surface area contributed by atoms with Gasteiger partial charge in [-0.05, 0) is 54.8 Å². The zero-order chi connectivity index (χ0) is 20.5. The number of anilines is 1. The number of aromatic nitrogens is 1. The van der Waals surface area contributed by atoms with Crippen LogP contribution in [0.4, 0.5) is 5.88 Å². The standard InChI is InChI=1S/C23H23N3O3/c1-3-28-20-11-6-17(7-12-20)8-13-22-26-21(16-24)23(29-22)25-15-14-18-4-9-19(27-2)10-5-18/h4-13,25H,3,14-15H2,1-2H3/b13-8+. The van der Waals surface area contributed by atoms with E-state index < -0.39 is 0 Å². The van der Waals surface area contributed by atoms with Gasteiger partial charge in [-0.1, -0.05) is 24.3 Å². The number of nitrogens with zero attached hydrogens (tertiary/aromatic N) is 2. The fraction of sp³-hybridized carbons (Fsp3) is 0.217. The summed E-state index contributed by atoms with van der Waals surface area (Å²) in [6.45, 7) is 3.21. The summed E-state index contributed by atoms with van der Waals surface area (Å²) in [6.07, 6.45) is 4.40. The van der Waals surface area contributed by atoms with Gasteiger partial charge in [0.2, 0.25) is 17.5 Å². The maximum absolute atomic E-state index is 9.31. The van der Waals surface area contributed by atoms with E-state index in [9.17, 15) is 5.26 Å². The lowest BCUT2D eigenvalue weighted by atomic mass is 10.1. The molecule has 0 aliphatic heterocycles. The van der Waals surface area contributed by atoms with Gasteiger partial charge in [0.05, 0.1) is 13.7 Å². The summed E-state index contributed by atoms with van der Waals surface area (Å²) in [4.78, 5) is 4.22. The molecule has 6 nitrogen and oxygen atoms in total. The van der Waals surface area contributed by atoms with E-state index in [1.54, 1.807) is 13.2 Å². The van der Waals surface area contributed by atoms with E-state index in [1.807, 2.05) is 61.5 Å². The van der Waals surface area contributed by atoms with Gasteiger partial charge < -0.3 is 19.2 Å². The van der Waals surface area contributed by atoms with Crippen LogP contribution in [0.1, 0.15) is 29.6 Å². The summed E-state index contributed by atoms with van der Waals surface area (Å²) in [5, 5.41) is 12.5. The number of hydrogen-bond donors (Lipinski definition) is 1. The third-order valence-electron chi connectivity index (χ3n) is 4.22. The normalized spacial score (nSPS) is 10.7. The molecular weight excluding hydrogens is 366 g/mol. The van der Waals surface area contributed by atoms with Crippen LogP contribution in [0.3, 0.4) is 0 Å². The van der Waals surface area contributed by atoms with Gasteiger partial charge in [0.15, 0.2) is 0 Å². The maximum Gasteiger partial charge on any atom is 0.232 e. The third-order valence-corrected chi connectivity index (χ3v) is 4.22. The molecule has 0 aliphatic rings. The van der Waals surface area contributed by atoms with Gasteiger partial charge in [-0.2, -0.15) is 10.2 Å². The average molecular weight is 389 g/mol. The van der Waals surface area contributed by atoms with E-state index in [0.29, 0.717) is 24.9 Å². The van der Waals surface area contributed by atoms with Crippen molar-refractivity contribution >= 4 is 18.0 Å². The summed E-state index contributed by atoms with van der Waals surface area (Å²) in [5.74, 6) is 2.42. The highest BCUT2D eigenvalue weighted by Crippen LogP contribution is 2.20. The van der Waals surface area contributed by atoms with Crippen LogP contribution in [0.5, 0.6) is 11.5 Å². The highest BCUT2D eigenvalue weighted by molar-refractivity contribution is 5.67. The summed E-state index contributed by atoms with van der Waals surface area (Å²) < 4.78 is 16.3. The van der Waals surface area contributed by atoms with Gasteiger partial charge in [-0.15, -0.1) is 0 Å². The molecule has 1 heterocycles. The SMILES string of the molecule is CCOc1ccc(/C=C/c2nc(C#N)c(NCCc3ccc(OC)cc3)o2)cc1. The predicted molar refractivity (Wildman–Crippen MR) is 113 cm³/mol. The minimum atomic E-state index is 0.242. The Kier molecular flexibility index (Phi) is 6.90. The van der Waals surface area contributed by atoms with Crippen LogP contribution in [0, 0.1) is 11.3 Å². The number of benzene rings is 2. The van der Waals surface area contributed by atoms with Crippen LogP contribution in [-0.4, -0.2) is 25.2 Å². The first kappa shape index (κ1) is 20.0. The van der Waals surface area contributed by atoms with Gasteiger partial charge >= 0.3 is 0 Å². The molecule has 1 N–H and O–H groups in total. The minimum Gasteiger partial charge on any atom is -0.497 e. The molecule has 0 fully saturated rings. The van der Waals surface area contributed by atoms with Gasteiger partial charge in [0, 0.05) is 12.6 Å². The Morgan fingerprint density at radius 3 is 2.45 bits per heavy atom. The number of rotatable bonds is 9. The fourth-order valence-corrected chi connectivity index (χ4v) is 2.73. The van der Waals surface area contributed by atoms with Crippen molar-refractivity contribution in [3.8, 4) is 17.6 Å². The largest absolute Gasteiger partial charge is 0.497 e. The van der Waals surface area contributed by atoms with Crippen LogP contribution in [0.15, 0.2) is 52.9 Å². The zero-order valence-corrected chi connectivity index (χ0v) is 16.5. The van der Waals surface area contributed by atoms with Crippen LogP contribution in [0.25, 0.3) is 12.2 Å². The molecule has 3 aromatic rings. The van der Waals surface area contributed by atoms with Crippen LogP contribution < -0.4 is 14.8 Å². The first-order valence-corrected chi connectivity index (χ1v) is 9.40. The van der Waals surface area contributed by atoms with E-state index in [1.165, 1.54) is 0 Å². The first-order valence-electron chi connectivity index (χ1n) is 9.40. The van der Waals surface area contributed by atoms with Crippen LogP contribution in [0.2, 0.25) is 0 Å². The van der Waals surface area contributed by atoms with Crippen molar-refractivity contribution in [2.45, 2.75) is 13.3 Å². The van der Waals surface area contributed by atoms with Gasteiger partial charge in [0.25, 0.3) is 0 Å². The zero-order valence-electron chi connectivity index (χ0n) is 16.5. The number of hydrogen-bond acceptors (Lipinski definition) is 6. The maximum atomic E-state index is 9.31. The Morgan fingerprint density at radius 1 is 1.07 bits per heavy atom. The van der Waals surface area contributed by atoms with E-state index in [2.05, 4.69) is 16.4 Å². The number of nitrogens with one attached hydrogen (secondary N) is 1.